The van der Waals surface area contributed by atoms with Gasteiger partial charge in [0.25, 0.3) is 0 Å². The largest absolute Gasteiger partial charge is 0.331 e. The van der Waals surface area contributed by atoms with Crippen LogP contribution in [-0.4, -0.2) is 15.8 Å². The molecule has 0 spiro atoms. The van der Waals surface area contributed by atoms with Gasteiger partial charge in [0.05, 0.1) is 5.71 Å². The molecule has 1 aromatic heterocycles. The molecule has 4 nitrogen and oxygen atoms in total. The number of benzene rings is 1. The third-order valence-electron chi connectivity index (χ3n) is 2.80. The maximum absolute atomic E-state index is 5.22. The van der Waals surface area contributed by atoms with Gasteiger partial charge < -0.3 is 5.32 Å². The number of para-hydroxylation sites is 1. The van der Waals surface area contributed by atoms with Gasteiger partial charge in [-0.05, 0) is 43.8 Å². The van der Waals surface area contributed by atoms with E-state index >= 15 is 0 Å². The maximum atomic E-state index is 5.22. The molecule has 1 heterocycles. The summed E-state index contributed by atoms with van der Waals surface area (Å²) in [6.07, 6.45) is 3.49. The van der Waals surface area contributed by atoms with Gasteiger partial charge in [-0.15, -0.1) is 0 Å². The van der Waals surface area contributed by atoms with Gasteiger partial charge in [0.15, 0.2) is 5.11 Å². The van der Waals surface area contributed by atoms with Gasteiger partial charge in [0.1, 0.15) is 0 Å². The zero-order chi connectivity index (χ0) is 14.4. The van der Waals surface area contributed by atoms with Crippen molar-refractivity contribution in [2.45, 2.75) is 13.8 Å². The van der Waals surface area contributed by atoms with E-state index in [-0.39, 0.29) is 0 Å². The fourth-order valence-electron chi connectivity index (χ4n) is 1.64. The standard InChI is InChI=1S/C15H16N4S/c1-11-6-3-4-8-14(11)17-15(20)19-18-12(2)13-7-5-9-16-10-13/h3-10H,1-2H3,(H2,17,19,20)/b18-12-. The lowest BCUT2D eigenvalue weighted by molar-refractivity contribution is 1.04. The monoisotopic (exact) mass is 284 g/mol. The minimum Gasteiger partial charge on any atom is -0.331 e. The van der Waals surface area contributed by atoms with E-state index in [0.29, 0.717) is 5.11 Å². The minimum atomic E-state index is 0.461. The number of nitrogens with one attached hydrogen (secondary N) is 2. The second-order valence-corrected chi connectivity index (χ2v) is 4.73. The highest BCUT2D eigenvalue weighted by Gasteiger charge is 2.00. The Morgan fingerprint density at radius 1 is 1.20 bits per heavy atom. The van der Waals surface area contributed by atoms with Crippen LogP contribution in [-0.2, 0) is 0 Å². The summed E-state index contributed by atoms with van der Waals surface area (Å²) in [6.45, 7) is 3.93. The number of hydrazone groups is 1. The van der Waals surface area contributed by atoms with E-state index < -0.39 is 0 Å². The summed E-state index contributed by atoms with van der Waals surface area (Å²) in [6, 6.07) is 11.8. The van der Waals surface area contributed by atoms with Crippen molar-refractivity contribution in [1.29, 1.82) is 0 Å². The number of pyridine rings is 1. The molecule has 0 atom stereocenters. The highest BCUT2D eigenvalue weighted by molar-refractivity contribution is 7.80. The maximum Gasteiger partial charge on any atom is 0.191 e. The molecule has 2 aromatic rings. The molecule has 0 saturated carbocycles. The number of hydrogen-bond donors (Lipinski definition) is 2. The van der Waals surface area contributed by atoms with E-state index in [0.717, 1.165) is 22.5 Å². The van der Waals surface area contributed by atoms with Crippen LogP contribution in [0, 0.1) is 6.92 Å². The Balaban J connectivity index is 1.97. The number of hydrogen-bond acceptors (Lipinski definition) is 3. The number of rotatable bonds is 3. The lowest BCUT2D eigenvalue weighted by Gasteiger charge is -2.10. The topological polar surface area (TPSA) is 49.3 Å². The first-order valence-corrected chi connectivity index (χ1v) is 6.65. The van der Waals surface area contributed by atoms with Gasteiger partial charge in [-0.2, -0.15) is 5.10 Å². The Hall–Kier alpha value is -2.27. The number of anilines is 1. The molecule has 20 heavy (non-hydrogen) atoms. The molecule has 0 unspecified atom stereocenters. The molecule has 2 rings (SSSR count). The van der Waals surface area contributed by atoms with Crippen molar-refractivity contribution >= 4 is 28.7 Å². The normalized spacial score (nSPS) is 11.0. The Morgan fingerprint density at radius 3 is 2.70 bits per heavy atom. The van der Waals surface area contributed by atoms with Gasteiger partial charge in [0.2, 0.25) is 0 Å². The molecule has 0 saturated heterocycles. The molecule has 0 amide bonds. The van der Waals surface area contributed by atoms with Crippen molar-refractivity contribution in [2.24, 2.45) is 5.10 Å². The zero-order valence-electron chi connectivity index (χ0n) is 11.4. The van der Waals surface area contributed by atoms with Crippen molar-refractivity contribution in [2.75, 3.05) is 5.32 Å². The molecular weight excluding hydrogens is 268 g/mol. The number of thiocarbonyl (C=S) groups is 1. The van der Waals surface area contributed by atoms with Crippen LogP contribution in [0.1, 0.15) is 18.1 Å². The highest BCUT2D eigenvalue weighted by Crippen LogP contribution is 2.12. The quantitative estimate of drug-likeness (QED) is 0.516. The van der Waals surface area contributed by atoms with Crippen LogP contribution in [0.2, 0.25) is 0 Å². The lowest BCUT2D eigenvalue weighted by Crippen LogP contribution is -2.25. The van der Waals surface area contributed by atoms with E-state index in [9.17, 15) is 0 Å². The lowest BCUT2D eigenvalue weighted by atomic mass is 10.2. The minimum absolute atomic E-state index is 0.461. The summed E-state index contributed by atoms with van der Waals surface area (Å²) in [5, 5.41) is 7.82. The molecular formula is C15H16N4S. The van der Waals surface area contributed by atoms with Gasteiger partial charge in [-0.1, -0.05) is 24.3 Å². The van der Waals surface area contributed by atoms with E-state index in [4.69, 9.17) is 12.2 Å². The van der Waals surface area contributed by atoms with Crippen LogP contribution in [0.4, 0.5) is 5.69 Å². The first-order valence-electron chi connectivity index (χ1n) is 6.24. The molecule has 0 bridgehead atoms. The van der Waals surface area contributed by atoms with Crippen LogP contribution in [0.5, 0.6) is 0 Å². The van der Waals surface area contributed by atoms with E-state index in [1.54, 1.807) is 12.4 Å². The number of aryl methyl sites for hydroxylation is 1. The van der Waals surface area contributed by atoms with Crippen LogP contribution in [0.25, 0.3) is 0 Å². The zero-order valence-corrected chi connectivity index (χ0v) is 12.2. The molecule has 102 valence electrons. The molecule has 0 aliphatic carbocycles. The van der Waals surface area contributed by atoms with Crippen molar-refractivity contribution < 1.29 is 0 Å². The average molecular weight is 284 g/mol. The van der Waals surface area contributed by atoms with Crippen LogP contribution < -0.4 is 10.7 Å². The molecule has 0 aliphatic heterocycles. The third kappa shape index (κ3) is 3.86. The number of nitrogens with zero attached hydrogens (tertiary/aromatic N) is 2. The Bertz CT molecular complexity index is 623. The predicted octanol–water partition coefficient (Wildman–Crippen LogP) is 3.10. The van der Waals surface area contributed by atoms with Crippen molar-refractivity contribution in [3.05, 3.63) is 59.9 Å². The second-order valence-electron chi connectivity index (χ2n) is 4.32. The van der Waals surface area contributed by atoms with Crippen LogP contribution in [0.3, 0.4) is 0 Å². The van der Waals surface area contributed by atoms with E-state index in [1.807, 2.05) is 50.2 Å². The molecule has 0 radical (unpaired) electrons. The summed E-state index contributed by atoms with van der Waals surface area (Å²) in [5.74, 6) is 0. The van der Waals surface area contributed by atoms with Gasteiger partial charge in [-0.3, -0.25) is 10.4 Å². The smallest absolute Gasteiger partial charge is 0.191 e. The molecule has 5 heteroatoms. The second kappa shape index (κ2) is 6.77. The molecule has 0 fully saturated rings. The Kier molecular flexibility index (Phi) is 4.79. The summed E-state index contributed by atoms with van der Waals surface area (Å²) < 4.78 is 0. The van der Waals surface area contributed by atoms with Crippen LogP contribution >= 0.6 is 12.2 Å². The first-order chi connectivity index (χ1) is 9.66. The summed E-state index contributed by atoms with van der Waals surface area (Å²) in [4.78, 5) is 4.06. The third-order valence-corrected chi connectivity index (χ3v) is 2.99. The Labute approximate surface area is 123 Å². The SMILES string of the molecule is C/C(=N/NC(=S)Nc1ccccc1C)c1cccnc1. The summed E-state index contributed by atoms with van der Waals surface area (Å²) in [5.41, 5.74) is 6.72. The van der Waals surface area contributed by atoms with E-state index in [2.05, 4.69) is 20.8 Å². The average Bonchev–Trinajstić information content (AvgIpc) is 2.48. The molecule has 1 aromatic carbocycles. The predicted molar refractivity (Wildman–Crippen MR) is 87.0 cm³/mol. The van der Waals surface area contributed by atoms with Crippen molar-refractivity contribution in [3.8, 4) is 0 Å². The van der Waals surface area contributed by atoms with Crippen molar-refractivity contribution in [1.82, 2.24) is 10.4 Å². The van der Waals surface area contributed by atoms with E-state index in [1.165, 1.54) is 0 Å². The first kappa shape index (κ1) is 14.1. The molecule has 2 N–H and O–H groups in total. The fourth-order valence-corrected chi connectivity index (χ4v) is 1.79. The molecule has 0 aliphatic rings. The van der Waals surface area contributed by atoms with Crippen molar-refractivity contribution in [3.63, 3.8) is 0 Å². The fraction of sp³-hybridized carbons (Fsp3) is 0.133. The highest BCUT2D eigenvalue weighted by atomic mass is 32.1. The Morgan fingerprint density at radius 2 is 2.00 bits per heavy atom. The summed E-state index contributed by atoms with van der Waals surface area (Å²) in [7, 11) is 0. The van der Waals surface area contributed by atoms with Gasteiger partial charge in [0, 0.05) is 23.6 Å². The van der Waals surface area contributed by atoms with Crippen LogP contribution in [0.15, 0.2) is 53.9 Å². The number of aromatic nitrogens is 1. The van der Waals surface area contributed by atoms with Gasteiger partial charge in [-0.25, -0.2) is 0 Å². The van der Waals surface area contributed by atoms with Gasteiger partial charge >= 0.3 is 0 Å². The summed E-state index contributed by atoms with van der Waals surface area (Å²) >= 11 is 5.22.